The Labute approximate surface area is 202 Å². The van der Waals surface area contributed by atoms with Gasteiger partial charge in [-0.15, -0.1) is 23.1 Å². The van der Waals surface area contributed by atoms with Gasteiger partial charge < -0.3 is 25.3 Å². The van der Waals surface area contributed by atoms with E-state index in [-0.39, 0.29) is 29.3 Å². The Bertz CT molecular complexity index is 1040. The molecule has 2 aromatic rings. The van der Waals surface area contributed by atoms with E-state index in [1.54, 1.807) is 34.3 Å². The van der Waals surface area contributed by atoms with Gasteiger partial charge in [-0.1, -0.05) is 18.2 Å². The lowest BCUT2D eigenvalue weighted by Crippen LogP contribution is -2.42. The van der Waals surface area contributed by atoms with Gasteiger partial charge in [0.2, 0.25) is 5.88 Å². The van der Waals surface area contributed by atoms with Gasteiger partial charge in [0.15, 0.2) is 0 Å². The van der Waals surface area contributed by atoms with Gasteiger partial charge in [-0.3, -0.25) is 0 Å². The van der Waals surface area contributed by atoms with E-state index in [0.717, 1.165) is 35.0 Å². The lowest BCUT2D eigenvalue weighted by molar-refractivity contribution is 0.0511. The molecule has 4 rings (SSSR count). The van der Waals surface area contributed by atoms with Crippen LogP contribution in [0, 0.1) is 0 Å². The molecular formula is C23H31N3O5S2. The summed E-state index contributed by atoms with van der Waals surface area (Å²) in [7, 11) is 0. The molecular weight excluding hydrogens is 462 g/mol. The smallest absolute Gasteiger partial charge is 0.410 e. The van der Waals surface area contributed by atoms with Crippen LogP contribution in [-0.4, -0.2) is 63.5 Å². The second-order valence-electron chi connectivity index (χ2n) is 7.78. The maximum Gasteiger partial charge on any atom is 0.410 e. The third-order valence-electron chi connectivity index (χ3n) is 5.27. The molecule has 0 saturated carbocycles. The molecule has 2 aromatic heterocycles. The molecule has 1 amide bonds. The minimum Gasteiger partial charge on any atom is -0.473 e. The fourth-order valence-electron chi connectivity index (χ4n) is 3.67. The Morgan fingerprint density at radius 2 is 1.94 bits per heavy atom. The highest BCUT2D eigenvalue weighted by atomic mass is 32.2. The van der Waals surface area contributed by atoms with E-state index in [0.29, 0.717) is 19.0 Å². The van der Waals surface area contributed by atoms with Crippen molar-refractivity contribution in [2.24, 2.45) is 0 Å². The number of amides is 1. The number of hydrogen-bond acceptors (Lipinski definition) is 7. The number of allylic oxidation sites excluding steroid dienone is 5. The third-order valence-corrected chi connectivity index (χ3v) is 7.00. The minimum absolute atomic E-state index is 0. The molecule has 0 atom stereocenters. The largest absolute Gasteiger partial charge is 0.473 e. The van der Waals surface area contributed by atoms with Crippen LogP contribution in [0.4, 0.5) is 4.79 Å². The van der Waals surface area contributed by atoms with Crippen LogP contribution in [0.5, 0.6) is 5.88 Å². The summed E-state index contributed by atoms with van der Waals surface area (Å²) >= 11 is 3.37. The summed E-state index contributed by atoms with van der Waals surface area (Å²) in [5.41, 5.74) is 3.22. The van der Waals surface area contributed by atoms with E-state index in [1.807, 2.05) is 13.8 Å². The average molecular weight is 494 g/mol. The molecule has 180 valence electrons. The van der Waals surface area contributed by atoms with Gasteiger partial charge in [0.25, 0.3) is 0 Å². The number of ether oxygens (including phenoxy) is 2. The SMILES string of the molecule is CSC1=CCC=C(c2csc3c(OC4CCN(C(=O)OC(C)C)CC4)ncnc23)C=C1.O.O. The maximum atomic E-state index is 12.1. The highest BCUT2D eigenvalue weighted by Crippen LogP contribution is 2.36. The molecule has 0 bridgehead atoms. The summed E-state index contributed by atoms with van der Waals surface area (Å²) in [5.74, 6) is 0.630. The van der Waals surface area contributed by atoms with Crippen LogP contribution in [0.1, 0.15) is 38.7 Å². The predicted octanol–water partition coefficient (Wildman–Crippen LogP) is 4.02. The fraction of sp³-hybridized carbons (Fsp3) is 0.435. The van der Waals surface area contributed by atoms with Crippen LogP contribution in [0.25, 0.3) is 15.8 Å². The van der Waals surface area contributed by atoms with Crippen LogP contribution in [0.3, 0.4) is 0 Å². The summed E-state index contributed by atoms with van der Waals surface area (Å²) < 4.78 is 12.5. The van der Waals surface area contributed by atoms with E-state index < -0.39 is 0 Å². The van der Waals surface area contributed by atoms with Crippen LogP contribution in [-0.2, 0) is 4.74 Å². The quantitative estimate of drug-likeness (QED) is 0.619. The number of aromatic nitrogens is 2. The summed E-state index contributed by atoms with van der Waals surface area (Å²) in [6, 6.07) is 0. The van der Waals surface area contributed by atoms with Crippen molar-refractivity contribution in [1.29, 1.82) is 0 Å². The maximum absolute atomic E-state index is 12.1. The molecule has 1 aliphatic heterocycles. The van der Waals surface area contributed by atoms with Gasteiger partial charge in [0.1, 0.15) is 17.1 Å². The Kier molecular flexibility index (Phi) is 9.90. The zero-order valence-electron chi connectivity index (χ0n) is 19.0. The first-order valence-corrected chi connectivity index (χ1v) is 12.6. The molecule has 0 spiro atoms. The lowest BCUT2D eigenvalue weighted by atomic mass is 10.1. The second kappa shape index (κ2) is 12.2. The van der Waals surface area contributed by atoms with Crippen LogP contribution < -0.4 is 4.74 Å². The molecule has 1 saturated heterocycles. The summed E-state index contributed by atoms with van der Waals surface area (Å²) in [4.78, 5) is 24.1. The Morgan fingerprint density at radius 3 is 2.64 bits per heavy atom. The van der Waals surface area contributed by atoms with E-state index in [1.165, 1.54) is 10.5 Å². The number of likely N-dealkylation sites (tertiary alicyclic amines) is 1. The van der Waals surface area contributed by atoms with Crippen LogP contribution in [0.2, 0.25) is 0 Å². The van der Waals surface area contributed by atoms with Gasteiger partial charge in [-0.05, 0) is 38.2 Å². The number of nitrogens with zero attached hydrogens (tertiary/aromatic N) is 3. The summed E-state index contributed by atoms with van der Waals surface area (Å²) in [6.07, 6.45) is 14.5. The molecule has 3 heterocycles. The first-order valence-electron chi connectivity index (χ1n) is 10.5. The van der Waals surface area contributed by atoms with Crippen LogP contribution in [0.15, 0.2) is 40.9 Å². The first kappa shape index (κ1) is 26.8. The van der Waals surface area contributed by atoms with E-state index in [9.17, 15) is 4.79 Å². The highest BCUT2D eigenvalue weighted by molar-refractivity contribution is 8.02. The van der Waals surface area contributed by atoms with Crippen molar-refractivity contribution >= 4 is 45.0 Å². The molecule has 1 fully saturated rings. The minimum atomic E-state index is -0.246. The lowest BCUT2D eigenvalue weighted by Gasteiger charge is -2.31. The molecule has 4 N–H and O–H groups in total. The molecule has 0 aromatic carbocycles. The number of rotatable bonds is 5. The van der Waals surface area contributed by atoms with E-state index >= 15 is 0 Å². The monoisotopic (exact) mass is 493 g/mol. The van der Waals surface area contributed by atoms with E-state index in [2.05, 4.69) is 45.9 Å². The van der Waals surface area contributed by atoms with Crippen molar-refractivity contribution in [3.63, 3.8) is 0 Å². The molecule has 1 aliphatic carbocycles. The topological polar surface area (TPSA) is 128 Å². The van der Waals surface area contributed by atoms with E-state index in [4.69, 9.17) is 9.47 Å². The summed E-state index contributed by atoms with van der Waals surface area (Å²) in [5, 5.41) is 2.14. The highest BCUT2D eigenvalue weighted by Gasteiger charge is 2.26. The van der Waals surface area contributed by atoms with Crippen molar-refractivity contribution < 1.29 is 25.2 Å². The normalized spacial score (nSPS) is 16.4. The molecule has 2 aliphatic rings. The Hall–Kier alpha value is -2.40. The molecule has 10 heteroatoms. The van der Waals surface area contributed by atoms with Gasteiger partial charge in [0, 0.05) is 41.8 Å². The van der Waals surface area contributed by atoms with Crippen molar-refractivity contribution in [2.75, 3.05) is 19.3 Å². The van der Waals surface area contributed by atoms with Gasteiger partial charge >= 0.3 is 6.09 Å². The van der Waals surface area contributed by atoms with Crippen molar-refractivity contribution in [2.45, 2.75) is 45.3 Å². The average Bonchev–Trinajstić information content (AvgIpc) is 3.05. The van der Waals surface area contributed by atoms with Crippen LogP contribution >= 0.6 is 23.1 Å². The van der Waals surface area contributed by atoms with Crippen molar-refractivity contribution in [1.82, 2.24) is 14.9 Å². The fourth-order valence-corrected chi connectivity index (χ4v) is 5.10. The molecule has 0 radical (unpaired) electrons. The molecule has 8 nitrogen and oxygen atoms in total. The Morgan fingerprint density at radius 1 is 1.18 bits per heavy atom. The number of fused-ring (bicyclic) bond motifs is 1. The number of thiophene rings is 1. The number of thioether (sulfide) groups is 1. The predicted molar refractivity (Wildman–Crippen MR) is 135 cm³/mol. The Balaban J connectivity index is 0.00000193. The van der Waals surface area contributed by atoms with Crippen molar-refractivity contribution in [3.8, 4) is 5.88 Å². The first-order chi connectivity index (χ1) is 15.0. The second-order valence-corrected chi connectivity index (χ2v) is 9.54. The number of hydrogen-bond donors (Lipinski definition) is 0. The molecule has 0 unspecified atom stereocenters. The third kappa shape index (κ3) is 6.35. The zero-order valence-corrected chi connectivity index (χ0v) is 20.7. The van der Waals surface area contributed by atoms with Gasteiger partial charge in [-0.2, -0.15) is 0 Å². The van der Waals surface area contributed by atoms with Gasteiger partial charge in [-0.25, -0.2) is 14.8 Å². The van der Waals surface area contributed by atoms with Gasteiger partial charge in [0.05, 0.1) is 11.6 Å². The standard InChI is InChI=1S/C23H27N3O3S2.2H2O/c1-15(2)28-23(27)26-11-9-17(10-12-26)29-22-21-20(24-14-25-22)19(13-31-21)16-5-4-6-18(30-3)8-7-16;;/h5-8,13-15,17H,4,9-12H2,1-3H3;2*1H2. The molecule has 33 heavy (non-hydrogen) atoms. The zero-order chi connectivity index (χ0) is 21.8. The number of piperidine rings is 1. The number of carbonyl (C=O) groups is 1. The van der Waals surface area contributed by atoms with Crippen molar-refractivity contribution in [3.05, 3.63) is 46.5 Å². The number of carbonyl (C=O) groups excluding carboxylic acids is 1. The summed E-state index contributed by atoms with van der Waals surface area (Å²) in [6.45, 7) is 4.98.